The molecule has 0 amide bonds. The second-order valence-corrected chi connectivity index (χ2v) is 5.02. The molecule has 0 saturated carbocycles. The lowest BCUT2D eigenvalue weighted by atomic mass is 10.3. The Bertz CT molecular complexity index is 283. The average Bonchev–Trinajstić information content (AvgIpc) is 2.83. The van der Waals surface area contributed by atoms with Crippen LogP contribution in [-0.2, 0) is 4.74 Å². The van der Waals surface area contributed by atoms with Crippen molar-refractivity contribution in [2.75, 3.05) is 24.7 Å². The predicted octanol–water partition coefficient (Wildman–Crippen LogP) is 2.98. The fourth-order valence-electron chi connectivity index (χ4n) is 1.73. The van der Waals surface area contributed by atoms with Crippen molar-refractivity contribution in [2.24, 2.45) is 0 Å². The Morgan fingerprint density at radius 3 is 2.94 bits per heavy atom. The average molecular weight is 238 g/mol. The molecule has 2 nitrogen and oxygen atoms in total. The molecule has 2 rings (SSSR count). The zero-order valence-corrected chi connectivity index (χ0v) is 10.2. The van der Waals surface area contributed by atoms with Gasteiger partial charge in [-0.2, -0.15) is 11.8 Å². The first-order valence-corrected chi connectivity index (χ1v) is 6.98. The number of rotatable bonds is 6. The van der Waals surface area contributed by atoms with Crippen molar-refractivity contribution >= 4 is 11.8 Å². The number of hydrogen-bond acceptors (Lipinski definition) is 3. The van der Waals surface area contributed by atoms with Gasteiger partial charge >= 0.3 is 0 Å². The summed E-state index contributed by atoms with van der Waals surface area (Å²) in [5, 5.41) is 0. The highest BCUT2D eigenvalue weighted by Gasteiger charge is 2.14. The molecule has 0 aromatic heterocycles. The van der Waals surface area contributed by atoms with Crippen molar-refractivity contribution < 1.29 is 9.47 Å². The summed E-state index contributed by atoms with van der Waals surface area (Å²) in [4.78, 5) is 0. The van der Waals surface area contributed by atoms with Crippen molar-refractivity contribution in [3.05, 3.63) is 30.3 Å². The molecule has 1 fully saturated rings. The Hall–Kier alpha value is -0.670. The molecule has 1 aromatic rings. The van der Waals surface area contributed by atoms with Gasteiger partial charge in [0.15, 0.2) is 0 Å². The smallest absolute Gasteiger partial charge is 0.119 e. The fraction of sp³-hybridized carbons (Fsp3) is 0.538. The van der Waals surface area contributed by atoms with Crippen LogP contribution in [0, 0.1) is 0 Å². The minimum atomic E-state index is 0.488. The highest BCUT2D eigenvalue weighted by molar-refractivity contribution is 7.99. The van der Waals surface area contributed by atoms with Gasteiger partial charge < -0.3 is 9.47 Å². The topological polar surface area (TPSA) is 18.5 Å². The Labute approximate surface area is 101 Å². The summed E-state index contributed by atoms with van der Waals surface area (Å²) in [6.45, 7) is 1.73. The lowest BCUT2D eigenvalue weighted by molar-refractivity contribution is 0.129. The molecule has 0 bridgehead atoms. The van der Waals surface area contributed by atoms with E-state index in [9.17, 15) is 0 Å². The van der Waals surface area contributed by atoms with Crippen LogP contribution < -0.4 is 4.74 Å². The van der Waals surface area contributed by atoms with Crippen LogP contribution in [0.1, 0.15) is 12.8 Å². The largest absolute Gasteiger partial charge is 0.493 e. The molecular weight excluding hydrogens is 220 g/mol. The Morgan fingerprint density at radius 2 is 2.19 bits per heavy atom. The molecule has 1 heterocycles. The summed E-state index contributed by atoms with van der Waals surface area (Å²) in [5.41, 5.74) is 0. The quantitative estimate of drug-likeness (QED) is 0.710. The molecule has 1 aromatic carbocycles. The number of benzene rings is 1. The van der Waals surface area contributed by atoms with Gasteiger partial charge in [-0.3, -0.25) is 0 Å². The Morgan fingerprint density at radius 1 is 1.31 bits per heavy atom. The first-order chi connectivity index (χ1) is 7.95. The second-order valence-electron chi connectivity index (χ2n) is 3.87. The zero-order chi connectivity index (χ0) is 11.1. The third-order valence-corrected chi connectivity index (χ3v) is 3.63. The van der Waals surface area contributed by atoms with Crippen molar-refractivity contribution in [1.82, 2.24) is 0 Å². The van der Waals surface area contributed by atoms with Crippen LogP contribution in [0.4, 0.5) is 0 Å². The number of thioether (sulfide) groups is 1. The van der Waals surface area contributed by atoms with Crippen molar-refractivity contribution in [3.63, 3.8) is 0 Å². The molecule has 1 aliphatic rings. The van der Waals surface area contributed by atoms with E-state index < -0.39 is 0 Å². The highest BCUT2D eigenvalue weighted by atomic mass is 32.2. The summed E-state index contributed by atoms with van der Waals surface area (Å²) in [7, 11) is 0. The number of hydrogen-bond donors (Lipinski definition) is 0. The van der Waals surface area contributed by atoms with E-state index in [2.05, 4.69) is 0 Å². The molecule has 88 valence electrons. The van der Waals surface area contributed by atoms with Crippen molar-refractivity contribution in [2.45, 2.75) is 18.9 Å². The third-order valence-electron chi connectivity index (χ3n) is 2.57. The van der Waals surface area contributed by atoms with Crippen LogP contribution in [0.2, 0.25) is 0 Å². The molecule has 0 aliphatic carbocycles. The van der Waals surface area contributed by atoms with E-state index in [1.807, 2.05) is 42.1 Å². The lowest BCUT2D eigenvalue weighted by Gasteiger charge is -2.09. The van der Waals surface area contributed by atoms with E-state index in [4.69, 9.17) is 9.47 Å². The summed E-state index contributed by atoms with van der Waals surface area (Å²) < 4.78 is 11.2. The number of para-hydroxylation sites is 1. The van der Waals surface area contributed by atoms with Gasteiger partial charge in [0.2, 0.25) is 0 Å². The lowest BCUT2D eigenvalue weighted by Crippen LogP contribution is -2.10. The molecule has 1 saturated heterocycles. The van der Waals surface area contributed by atoms with E-state index in [0.717, 1.165) is 30.5 Å². The SMILES string of the molecule is c1ccc(OCCSCC2CCCO2)cc1. The van der Waals surface area contributed by atoms with Gasteiger partial charge in [0.05, 0.1) is 12.7 Å². The molecule has 0 spiro atoms. The number of ether oxygens (including phenoxy) is 2. The first kappa shape index (κ1) is 11.8. The van der Waals surface area contributed by atoms with Crippen molar-refractivity contribution in [1.29, 1.82) is 0 Å². The van der Waals surface area contributed by atoms with E-state index >= 15 is 0 Å². The molecule has 1 aliphatic heterocycles. The van der Waals surface area contributed by atoms with Gasteiger partial charge in [-0.15, -0.1) is 0 Å². The highest BCUT2D eigenvalue weighted by Crippen LogP contribution is 2.17. The maximum Gasteiger partial charge on any atom is 0.119 e. The molecule has 0 N–H and O–H groups in total. The standard InChI is InChI=1S/C13H18O2S/c1-2-5-12(6-3-1)15-9-10-16-11-13-7-4-8-14-13/h1-3,5-6,13H,4,7-11H2. The second kappa shape index (κ2) is 6.81. The van der Waals surface area contributed by atoms with Gasteiger partial charge in [-0.1, -0.05) is 18.2 Å². The van der Waals surface area contributed by atoms with Crippen LogP contribution in [0.5, 0.6) is 5.75 Å². The van der Waals surface area contributed by atoms with Gasteiger partial charge in [0.25, 0.3) is 0 Å². The third kappa shape index (κ3) is 4.06. The maximum absolute atomic E-state index is 5.61. The summed E-state index contributed by atoms with van der Waals surface area (Å²) in [6.07, 6.45) is 2.94. The Balaban J connectivity index is 1.52. The summed E-state index contributed by atoms with van der Waals surface area (Å²) >= 11 is 1.92. The normalized spacial score (nSPS) is 19.9. The zero-order valence-electron chi connectivity index (χ0n) is 9.43. The molecule has 16 heavy (non-hydrogen) atoms. The van der Waals surface area contributed by atoms with Gasteiger partial charge in [-0.05, 0) is 25.0 Å². The van der Waals surface area contributed by atoms with Gasteiger partial charge in [0, 0.05) is 18.1 Å². The summed E-state index contributed by atoms with van der Waals surface area (Å²) in [6, 6.07) is 9.97. The van der Waals surface area contributed by atoms with Crippen LogP contribution >= 0.6 is 11.8 Å². The minimum Gasteiger partial charge on any atom is -0.493 e. The van der Waals surface area contributed by atoms with Gasteiger partial charge in [-0.25, -0.2) is 0 Å². The van der Waals surface area contributed by atoms with E-state index in [-0.39, 0.29) is 0 Å². The van der Waals surface area contributed by atoms with Crippen LogP contribution in [0.25, 0.3) is 0 Å². The Kier molecular flexibility index (Phi) is 5.03. The van der Waals surface area contributed by atoms with Crippen LogP contribution in [0.3, 0.4) is 0 Å². The summed E-state index contributed by atoms with van der Waals surface area (Å²) in [5.74, 6) is 3.10. The minimum absolute atomic E-state index is 0.488. The van der Waals surface area contributed by atoms with Crippen LogP contribution in [0.15, 0.2) is 30.3 Å². The molecular formula is C13H18O2S. The van der Waals surface area contributed by atoms with Crippen molar-refractivity contribution in [3.8, 4) is 5.75 Å². The molecule has 1 atom stereocenters. The first-order valence-electron chi connectivity index (χ1n) is 5.82. The van der Waals surface area contributed by atoms with Gasteiger partial charge in [0.1, 0.15) is 5.75 Å². The monoisotopic (exact) mass is 238 g/mol. The molecule has 0 radical (unpaired) electrons. The maximum atomic E-state index is 5.61. The molecule has 3 heteroatoms. The molecule has 1 unspecified atom stereocenters. The fourth-order valence-corrected chi connectivity index (χ4v) is 2.62. The predicted molar refractivity (Wildman–Crippen MR) is 68.2 cm³/mol. The van der Waals surface area contributed by atoms with E-state index in [1.165, 1.54) is 12.8 Å². The van der Waals surface area contributed by atoms with Crippen LogP contribution in [-0.4, -0.2) is 30.8 Å². The van der Waals surface area contributed by atoms with E-state index in [1.54, 1.807) is 0 Å². The van der Waals surface area contributed by atoms with E-state index in [0.29, 0.717) is 6.10 Å².